The number of hydrogen-bond acceptors (Lipinski definition) is 5. The summed E-state index contributed by atoms with van der Waals surface area (Å²) in [6.07, 6.45) is 1.83. The molecule has 0 aliphatic carbocycles. The quantitative estimate of drug-likeness (QED) is 0.312. The zero-order valence-corrected chi connectivity index (χ0v) is 19.9. The maximum atomic E-state index is 5.69. The van der Waals surface area contributed by atoms with E-state index in [0.717, 1.165) is 45.1 Å². The second kappa shape index (κ2) is 10.2. The summed E-state index contributed by atoms with van der Waals surface area (Å²) in [5.41, 5.74) is 5.69. The lowest BCUT2D eigenvalue weighted by atomic mass is 10.1. The molecule has 0 saturated carbocycles. The molecule has 0 radical (unpaired) electrons. The third-order valence-corrected chi connectivity index (χ3v) is 5.70. The van der Waals surface area contributed by atoms with Gasteiger partial charge in [0.05, 0.1) is 46.4 Å². The fourth-order valence-corrected chi connectivity index (χ4v) is 3.84. The molecular weight excluding hydrogens is 428 g/mol. The molecule has 0 saturated heterocycles. The van der Waals surface area contributed by atoms with Gasteiger partial charge >= 0.3 is 0 Å². The summed E-state index contributed by atoms with van der Waals surface area (Å²) >= 11 is 0. The van der Waals surface area contributed by atoms with Gasteiger partial charge in [0.2, 0.25) is 0 Å². The van der Waals surface area contributed by atoms with Gasteiger partial charge in [-0.2, -0.15) is 5.10 Å². The average Bonchev–Trinajstić information content (AvgIpc) is 3.31. The Kier molecular flexibility index (Phi) is 6.87. The van der Waals surface area contributed by atoms with Crippen LogP contribution >= 0.6 is 0 Å². The van der Waals surface area contributed by atoms with Gasteiger partial charge in [-0.15, -0.1) is 0 Å². The Morgan fingerprint density at radius 2 is 1.32 bits per heavy atom. The van der Waals surface area contributed by atoms with Gasteiger partial charge in [-0.05, 0) is 41.5 Å². The predicted molar refractivity (Wildman–Crippen MR) is 135 cm³/mol. The van der Waals surface area contributed by atoms with Gasteiger partial charge < -0.3 is 18.9 Å². The van der Waals surface area contributed by atoms with Crippen LogP contribution in [0, 0.1) is 0 Å². The van der Waals surface area contributed by atoms with E-state index >= 15 is 0 Å². The summed E-state index contributed by atoms with van der Waals surface area (Å²) < 4.78 is 24.0. The summed E-state index contributed by atoms with van der Waals surface area (Å²) in [6.45, 7) is 4.42. The van der Waals surface area contributed by atoms with Gasteiger partial charge in [-0.1, -0.05) is 36.9 Å². The number of methoxy groups -OCH3 is 4. The molecule has 0 N–H and O–H groups in total. The maximum Gasteiger partial charge on any atom is 0.132 e. The molecule has 174 valence electrons. The molecule has 0 spiro atoms. The highest BCUT2D eigenvalue weighted by Gasteiger charge is 2.18. The smallest absolute Gasteiger partial charge is 0.132 e. The minimum Gasteiger partial charge on any atom is -0.497 e. The van der Waals surface area contributed by atoms with Crippen LogP contribution < -0.4 is 18.9 Å². The van der Waals surface area contributed by atoms with Gasteiger partial charge in [-0.3, -0.25) is 4.68 Å². The van der Waals surface area contributed by atoms with Crippen molar-refractivity contribution in [3.63, 3.8) is 0 Å². The van der Waals surface area contributed by atoms with Gasteiger partial charge in [0.15, 0.2) is 0 Å². The molecule has 0 amide bonds. The van der Waals surface area contributed by atoms with Crippen molar-refractivity contribution in [3.05, 3.63) is 84.4 Å². The molecule has 4 rings (SSSR count). The topological polar surface area (TPSA) is 54.7 Å². The van der Waals surface area contributed by atoms with E-state index in [2.05, 4.69) is 18.7 Å². The fourth-order valence-electron chi connectivity index (χ4n) is 3.84. The predicted octanol–water partition coefficient (Wildman–Crippen LogP) is 5.94. The number of rotatable bonds is 9. The average molecular weight is 457 g/mol. The molecule has 3 aromatic carbocycles. The van der Waals surface area contributed by atoms with Crippen molar-refractivity contribution in [2.24, 2.45) is 0 Å². The monoisotopic (exact) mass is 456 g/mol. The first kappa shape index (κ1) is 23.0. The molecule has 4 aromatic rings. The minimum absolute atomic E-state index is 0.584. The van der Waals surface area contributed by atoms with Crippen molar-refractivity contribution in [1.29, 1.82) is 0 Å². The van der Waals surface area contributed by atoms with Crippen molar-refractivity contribution in [1.82, 2.24) is 9.78 Å². The lowest BCUT2D eigenvalue weighted by Gasteiger charge is -2.12. The van der Waals surface area contributed by atoms with Crippen molar-refractivity contribution in [2.45, 2.75) is 6.54 Å². The number of nitrogens with zero attached hydrogens (tertiary/aromatic N) is 2. The first-order valence-corrected chi connectivity index (χ1v) is 10.8. The Morgan fingerprint density at radius 1 is 0.735 bits per heavy atom. The molecule has 0 aliphatic heterocycles. The summed E-state index contributed by atoms with van der Waals surface area (Å²) in [6, 6.07) is 21.8. The largest absolute Gasteiger partial charge is 0.497 e. The number of benzene rings is 3. The van der Waals surface area contributed by atoms with Crippen LogP contribution in [0.25, 0.3) is 28.6 Å². The lowest BCUT2D eigenvalue weighted by Crippen LogP contribution is -2.05. The second-order valence-corrected chi connectivity index (χ2v) is 7.65. The Labute approximate surface area is 200 Å². The standard InChI is InChI=1S/C28H28N2O4/c1-6-19-7-9-20(10-8-19)18-30-26(24-14-12-22(32-3)16-28(24)34-5)17-25(29-30)23-13-11-21(31-2)15-27(23)33-4/h6-17H,1,18H2,2-5H3. The summed E-state index contributed by atoms with van der Waals surface area (Å²) in [7, 11) is 6.57. The SMILES string of the molecule is C=Cc1ccc(Cn2nc(-c3ccc(OC)cc3OC)cc2-c2ccc(OC)cc2OC)cc1. The summed E-state index contributed by atoms with van der Waals surface area (Å²) in [5, 5.41) is 4.97. The van der Waals surface area contributed by atoms with Crippen LogP contribution in [-0.2, 0) is 6.54 Å². The molecule has 0 unspecified atom stereocenters. The van der Waals surface area contributed by atoms with Crippen LogP contribution in [-0.4, -0.2) is 38.2 Å². The van der Waals surface area contributed by atoms with Gasteiger partial charge in [-0.25, -0.2) is 0 Å². The highest BCUT2D eigenvalue weighted by atomic mass is 16.5. The van der Waals surface area contributed by atoms with E-state index in [4.69, 9.17) is 24.0 Å². The first-order valence-electron chi connectivity index (χ1n) is 10.8. The molecule has 1 aromatic heterocycles. The van der Waals surface area contributed by atoms with Crippen molar-refractivity contribution in [3.8, 4) is 45.5 Å². The molecule has 0 aliphatic rings. The normalized spacial score (nSPS) is 10.6. The van der Waals surface area contributed by atoms with Crippen LogP contribution in [0.3, 0.4) is 0 Å². The van der Waals surface area contributed by atoms with Crippen molar-refractivity contribution < 1.29 is 18.9 Å². The Morgan fingerprint density at radius 3 is 1.88 bits per heavy atom. The van der Waals surface area contributed by atoms with E-state index < -0.39 is 0 Å². The van der Waals surface area contributed by atoms with Gasteiger partial charge in [0, 0.05) is 23.3 Å². The highest BCUT2D eigenvalue weighted by Crippen LogP contribution is 2.38. The van der Waals surface area contributed by atoms with Crippen molar-refractivity contribution in [2.75, 3.05) is 28.4 Å². The van der Waals surface area contributed by atoms with Crippen LogP contribution in [0.1, 0.15) is 11.1 Å². The molecule has 6 nitrogen and oxygen atoms in total. The van der Waals surface area contributed by atoms with E-state index in [9.17, 15) is 0 Å². The molecule has 6 heteroatoms. The van der Waals surface area contributed by atoms with Crippen LogP contribution in [0.5, 0.6) is 23.0 Å². The molecule has 0 fully saturated rings. The van der Waals surface area contributed by atoms with Gasteiger partial charge in [0.25, 0.3) is 0 Å². The van der Waals surface area contributed by atoms with E-state index in [1.165, 1.54) is 0 Å². The van der Waals surface area contributed by atoms with Crippen LogP contribution in [0.2, 0.25) is 0 Å². The second-order valence-electron chi connectivity index (χ2n) is 7.65. The molecular formula is C28H28N2O4. The maximum absolute atomic E-state index is 5.69. The van der Waals surface area contributed by atoms with Crippen molar-refractivity contribution >= 4 is 6.08 Å². The lowest BCUT2D eigenvalue weighted by molar-refractivity contribution is 0.395. The molecule has 0 bridgehead atoms. The number of aromatic nitrogens is 2. The zero-order chi connectivity index (χ0) is 24.1. The third kappa shape index (κ3) is 4.62. The molecule has 1 heterocycles. The number of hydrogen-bond donors (Lipinski definition) is 0. The third-order valence-electron chi connectivity index (χ3n) is 5.70. The highest BCUT2D eigenvalue weighted by molar-refractivity contribution is 5.76. The van der Waals surface area contributed by atoms with Gasteiger partial charge in [0.1, 0.15) is 23.0 Å². The van der Waals surface area contributed by atoms with E-state index in [1.54, 1.807) is 28.4 Å². The number of ether oxygens (including phenoxy) is 4. The Hall–Kier alpha value is -4.19. The van der Waals surface area contributed by atoms with E-state index in [-0.39, 0.29) is 0 Å². The molecule has 0 atom stereocenters. The zero-order valence-electron chi connectivity index (χ0n) is 19.9. The fraction of sp³-hybridized carbons (Fsp3) is 0.179. The summed E-state index contributed by atoms with van der Waals surface area (Å²) in [4.78, 5) is 0. The first-order chi connectivity index (χ1) is 16.6. The summed E-state index contributed by atoms with van der Waals surface area (Å²) in [5.74, 6) is 2.84. The van der Waals surface area contributed by atoms with E-state index in [1.807, 2.05) is 65.4 Å². The van der Waals surface area contributed by atoms with E-state index in [0.29, 0.717) is 18.0 Å². The Balaban J connectivity index is 1.85. The Bertz CT molecular complexity index is 1290. The van der Waals surface area contributed by atoms with Crippen LogP contribution in [0.4, 0.5) is 0 Å². The molecule has 34 heavy (non-hydrogen) atoms. The minimum atomic E-state index is 0.584. The van der Waals surface area contributed by atoms with Crippen LogP contribution in [0.15, 0.2) is 73.3 Å².